The smallest absolute Gasteiger partial charge is 0.328 e. The summed E-state index contributed by atoms with van der Waals surface area (Å²) in [6.07, 6.45) is -0.847. The number of carbonyl (C=O) groups is 6. The van der Waals surface area contributed by atoms with E-state index in [2.05, 4.69) is 0 Å². The second-order valence-electron chi connectivity index (χ2n) is 8.07. The highest BCUT2D eigenvalue weighted by Gasteiger charge is 2.20. The summed E-state index contributed by atoms with van der Waals surface area (Å²) < 4.78 is 5.13. The van der Waals surface area contributed by atoms with Crippen LogP contribution in [0, 0.1) is 5.92 Å². The van der Waals surface area contributed by atoms with Gasteiger partial charge in [0.25, 0.3) is 0 Å². The predicted octanol–water partition coefficient (Wildman–Crippen LogP) is -1.72. The van der Waals surface area contributed by atoms with E-state index >= 15 is 0 Å². The van der Waals surface area contributed by atoms with Gasteiger partial charge in [-0.2, -0.15) is 0 Å². The lowest BCUT2D eigenvalue weighted by molar-refractivity contribution is -0.144. The van der Waals surface area contributed by atoms with Crippen LogP contribution in [0.4, 0.5) is 0 Å². The van der Waals surface area contributed by atoms with Gasteiger partial charge in [0.2, 0.25) is 0 Å². The topological polar surface area (TPSA) is 317 Å². The first kappa shape index (κ1) is 36.0. The molecule has 0 aliphatic rings. The second-order valence-corrected chi connectivity index (χ2v) is 8.07. The monoisotopic (exact) mass is 546 g/mol. The number of hydrogen-bond acceptors (Lipinski definition) is 11. The van der Waals surface area contributed by atoms with Crippen LogP contribution < -0.4 is 27.7 Å². The maximum Gasteiger partial charge on any atom is 0.328 e. The van der Waals surface area contributed by atoms with Gasteiger partial charge in [0.05, 0.1) is 12.8 Å². The van der Waals surface area contributed by atoms with Crippen LogP contribution in [-0.4, -0.2) is 85.5 Å². The SMILES string of the molecule is CC(C)C(N)C(=O)Oc1ccc(CC(N)C(=O)O)cc1.NC(CC(=O)O)C(=O)O.NC(CC(=O)O)C(=O)O. The summed E-state index contributed by atoms with van der Waals surface area (Å²) in [5.41, 5.74) is 21.6. The minimum Gasteiger partial charge on any atom is -0.481 e. The van der Waals surface area contributed by atoms with Crippen LogP contribution in [0.15, 0.2) is 24.3 Å². The van der Waals surface area contributed by atoms with Gasteiger partial charge in [0, 0.05) is 0 Å². The first-order valence-electron chi connectivity index (χ1n) is 10.8. The average Bonchev–Trinajstić information content (AvgIpc) is 2.79. The molecule has 4 unspecified atom stereocenters. The van der Waals surface area contributed by atoms with E-state index in [4.69, 9.17) is 53.2 Å². The maximum absolute atomic E-state index is 11.7. The molecule has 0 heterocycles. The Hall–Kier alpha value is -4.12. The Morgan fingerprint density at radius 1 is 0.684 bits per heavy atom. The van der Waals surface area contributed by atoms with Gasteiger partial charge in [-0.05, 0) is 30.0 Å². The van der Waals surface area contributed by atoms with E-state index < -0.39 is 72.8 Å². The van der Waals surface area contributed by atoms with Crippen LogP contribution in [0.25, 0.3) is 0 Å². The molecule has 16 nitrogen and oxygen atoms in total. The number of rotatable bonds is 12. The van der Waals surface area contributed by atoms with E-state index in [1.54, 1.807) is 24.3 Å². The molecule has 0 spiro atoms. The zero-order valence-electron chi connectivity index (χ0n) is 20.7. The van der Waals surface area contributed by atoms with Crippen molar-refractivity contribution in [2.45, 2.75) is 57.3 Å². The van der Waals surface area contributed by atoms with Crippen LogP contribution in [0.3, 0.4) is 0 Å². The molecular formula is C22H34N4O12. The molecule has 38 heavy (non-hydrogen) atoms. The van der Waals surface area contributed by atoms with Gasteiger partial charge in [0.1, 0.15) is 29.9 Å². The zero-order valence-corrected chi connectivity index (χ0v) is 20.7. The highest BCUT2D eigenvalue weighted by atomic mass is 16.5. The molecule has 0 amide bonds. The molecule has 16 heteroatoms. The van der Waals surface area contributed by atoms with Crippen LogP contribution in [0.1, 0.15) is 32.3 Å². The normalized spacial score (nSPS) is 13.2. The molecule has 4 atom stereocenters. The van der Waals surface area contributed by atoms with Gasteiger partial charge in [-0.3, -0.25) is 24.0 Å². The number of carbonyl (C=O) groups excluding carboxylic acids is 1. The Bertz CT molecular complexity index is 920. The lowest BCUT2D eigenvalue weighted by Crippen LogP contribution is -2.38. The van der Waals surface area contributed by atoms with Gasteiger partial charge in [-0.1, -0.05) is 26.0 Å². The molecule has 214 valence electrons. The van der Waals surface area contributed by atoms with Crippen molar-refractivity contribution in [1.29, 1.82) is 0 Å². The van der Waals surface area contributed by atoms with E-state index in [9.17, 15) is 28.8 Å². The summed E-state index contributed by atoms with van der Waals surface area (Å²) in [4.78, 5) is 61.5. The second kappa shape index (κ2) is 18.2. The molecule has 1 rings (SSSR count). The van der Waals surface area contributed by atoms with Crippen molar-refractivity contribution in [3.8, 4) is 5.75 Å². The number of nitrogens with two attached hydrogens (primary N) is 4. The van der Waals surface area contributed by atoms with Gasteiger partial charge in [-0.15, -0.1) is 0 Å². The van der Waals surface area contributed by atoms with Crippen molar-refractivity contribution in [3.63, 3.8) is 0 Å². The Balaban J connectivity index is 0. The molecule has 0 bridgehead atoms. The van der Waals surface area contributed by atoms with Crippen LogP contribution in [-0.2, 0) is 35.2 Å². The molecule has 0 saturated carbocycles. The fraction of sp³-hybridized carbons (Fsp3) is 0.455. The summed E-state index contributed by atoms with van der Waals surface area (Å²) in [5, 5.41) is 40.8. The third-order valence-corrected chi connectivity index (χ3v) is 4.33. The molecule has 0 aromatic heterocycles. The lowest BCUT2D eigenvalue weighted by atomic mass is 10.1. The van der Waals surface area contributed by atoms with Crippen molar-refractivity contribution in [2.24, 2.45) is 28.9 Å². The Morgan fingerprint density at radius 2 is 1.05 bits per heavy atom. The third kappa shape index (κ3) is 17.3. The molecule has 0 aliphatic carbocycles. The standard InChI is InChI=1S/C14H20N2O4.2C4H7NO4/c1-8(2)12(16)14(19)20-10-5-3-9(4-6-10)7-11(15)13(17)18;2*5-2(4(8)9)1-3(6)7/h3-6,8,11-12H,7,15-16H2,1-2H3,(H,17,18);2*2H,1,5H2,(H,6,7)(H,8,9). The largest absolute Gasteiger partial charge is 0.481 e. The zero-order chi connectivity index (χ0) is 30.2. The fourth-order valence-electron chi connectivity index (χ4n) is 2.04. The fourth-order valence-corrected chi connectivity index (χ4v) is 2.04. The number of hydrogen-bond donors (Lipinski definition) is 9. The Labute approximate surface area is 217 Å². The van der Waals surface area contributed by atoms with Crippen molar-refractivity contribution in [1.82, 2.24) is 0 Å². The predicted molar refractivity (Wildman–Crippen MR) is 130 cm³/mol. The highest BCUT2D eigenvalue weighted by Crippen LogP contribution is 2.15. The lowest BCUT2D eigenvalue weighted by Gasteiger charge is -2.14. The quantitative estimate of drug-likeness (QED) is 0.104. The molecule has 0 aliphatic heterocycles. The van der Waals surface area contributed by atoms with Crippen molar-refractivity contribution in [3.05, 3.63) is 29.8 Å². The summed E-state index contributed by atoms with van der Waals surface area (Å²) in [7, 11) is 0. The molecule has 0 saturated heterocycles. The maximum atomic E-state index is 11.7. The van der Waals surface area contributed by atoms with E-state index in [0.29, 0.717) is 5.75 Å². The molecule has 0 fully saturated rings. The number of ether oxygens (including phenoxy) is 1. The molecule has 1 aromatic rings. The van der Waals surface area contributed by atoms with E-state index in [1.165, 1.54) is 0 Å². The van der Waals surface area contributed by atoms with Crippen molar-refractivity contribution < 1.29 is 59.0 Å². The molecular weight excluding hydrogens is 512 g/mol. The van der Waals surface area contributed by atoms with E-state index in [0.717, 1.165) is 5.56 Å². The van der Waals surface area contributed by atoms with Gasteiger partial charge in [-0.25, -0.2) is 4.79 Å². The number of carboxylic acid groups (broad SMARTS) is 5. The number of aliphatic carboxylic acids is 5. The summed E-state index contributed by atoms with van der Waals surface area (Å²) in [6, 6.07) is 2.33. The number of carboxylic acids is 5. The van der Waals surface area contributed by atoms with Crippen LogP contribution in [0.2, 0.25) is 0 Å². The number of esters is 1. The van der Waals surface area contributed by atoms with Crippen molar-refractivity contribution in [2.75, 3.05) is 0 Å². The summed E-state index contributed by atoms with van der Waals surface area (Å²) in [6.45, 7) is 3.67. The summed E-state index contributed by atoms with van der Waals surface area (Å²) >= 11 is 0. The first-order chi connectivity index (χ1) is 17.4. The third-order valence-electron chi connectivity index (χ3n) is 4.33. The van der Waals surface area contributed by atoms with Crippen LogP contribution >= 0.6 is 0 Å². The van der Waals surface area contributed by atoms with Crippen molar-refractivity contribution >= 4 is 35.8 Å². The molecule has 0 radical (unpaired) electrons. The summed E-state index contributed by atoms with van der Waals surface area (Å²) in [5.74, 6) is -6.17. The van der Waals surface area contributed by atoms with Gasteiger partial charge in [0.15, 0.2) is 0 Å². The average molecular weight is 547 g/mol. The Kier molecular flexibility index (Phi) is 17.2. The Morgan fingerprint density at radius 3 is 1.32 bits per heavy atom. The highest BCUT2D eigenvalue weighted by molar-refractivity contribution is 5.81. The minimum absolute atomic E-state index is 0.00432. The first-order valence-corrected chi connectivity index (χ1v) is 10.8. The molecule has 13 N–H and O–H groups in total. The molecule has 1 aromatic carbocycles. The van der Waals surface area contributed by atoms with Gasteiger partial charge < -0.3 is 53.2 Å². The van der Waals surface area contributed by atoms with Gasteiger partial charge >= 0.3 is 35.8 Å². The van der Waals surface area contributed by atoms with Crippen LogP contribution in [0.5, 0.6) is 5.75 Å². The minimum atomic E-state index is -1.29. The van der Waals surface area contributed by atoms with E-state index in [-0.39, 0.29) is 12.3 Å². The van der Waals surface area contributed by atoms with E-state index in [1.807, 2.05) is 13.8 Å². The number of benzene rings is 1.